The summed E-state index contributed by atoms with van der Waals surface area (Å²) in [5, 5.41) is 0.482. The van der Waals surface area contributed by atoms with E-state index in [0.717, 1.165) is 10.6 Å². The van der Waals surface area contributed by atoms with Gasteiger partial charge in [-0.1, -0.05) is 23.2 Å². The van der Waals surface area contributed by atoms with Gasteiger partial charge in [-0.2, -0.15) is 0 Å². The maximum Gasteiger partial charge on any atom is 0.329 e. The molecule has 0 aromatic heterocycles. The lowest BCUT2D eigenvalue weighted by molar-refractivity contribution is -0.141. The number of carbonyl (C=O) groups is 1. The van der Waals surface area contributed by atoms with E-state index in [1.807, 2.05) is 0 Å². The average Bonchev–Trinajstić information content (AvgIpc) is 2.31. The van der Waals surface area contributed by atoms with Crippen LogP contribution in [0.15, 0.2) is 18.2 Å². The number of carbonyl (C=O) groups excluding carboxylic acids is 1. The van der Waals surface area contributed by atoms with E-state index in [1.54, 1.807) is 0 Å². The number of methoxy groups -OCH3 is 1. The second kappa shape index (κ2) is 5.98. The summed E-state index contributed by atoms with van der Waals surface area (Å²) in [7, 11) is -2.54. The van der Waals surface area contributed by atoms with Crippen LogP contribution >= 0.6 is 23.2 Å². The van der Waals surface area contributed by atoms with Gasteiger partial charge < -0.3 is 4.74 Å². The van der Waals surface area contributed by atoms with Gasteiger partial charge in [0.25, 0.3) is 0 Å². The Morgan fingerprint density at radius 2 is 1.95 bits per heavy atom. The molecule has 1 atom stereocenters. The summed E-state index contributed by atoms with van der Waals surface area (Å²) in [6.07, 6.45) is 0.976. The SMILES string of the molecule is COC(=O)[C@H](C)N(c1cc(Cl)ccc1Cl)S(C)(=O)=O. The Balaban J connectivity index is 3.41. The van der Waals surface area contributed by atoms with Crippen LogP contribution in [0, 0.1) is 0 Å². The Labute approximate surface area is 122 Å². The van der Waals surface area contributed by atoms with Crippen molar-refractivity contribution in [3.8, 4) is 0 Å². The second-order valence-corrected chi connectivity index (χ2v) is 6.56. The summed E-state index contributed by atoms with van der Waals surface area (Å²) in [5.74, 6) is -0.693. The van der Waals surface area contributed by atoms with Crippen molar-refractivity contribution in [2.24, 2.45) is 0 Å². The van der Waals surface area contributed by atoms with Crippen molar-refractivity contribution in [3.63, 3.8) is 0 Å². The predicted octanol–water partition coefficient (Wildman–Crippen LogP) is 2.32. The maximum absolute atomic E-state index is 11.9. The number of ether oxygens (including phenoxy) is 1. The fraction of sp³-hybridized carbons (Fsp3) is 0.364. The molecule has 0 radical (unpaired) electrons. The Kier molecular flexibility index (Phi) is 5.06. The van der Waals surface area contributed by atoms with Crippen LogP contribution in [0.1, 0.15) is 6.92 Å². The molecule has 0 spiro atoms. The molecule has 1 aromatic rings. The highest BCUT2D eigenvalue weighted by atomic mass is 35.5. The third-order valence-electron chi connectivity index (χ3n) is 2.40. The summed E-state index contributed by atoms with van der Waals surface area (Å²) in [4.78, 5) is 11.6. The summed E-state index contributed by atoms with van der Waals surface area (Å²) in [5.41, 5.74) is 0.134. The molecule has 0 unspecified atom stereocenters. The smallest absolute Gasteiger partial charge is 0.329 e. The van der Waals surface area contributed by atoms with Gasteiger partial charge in [0.05, 0.1) is 24.1 Å². The largest absolute Gasteiger partial charge is 0.467 e. The lowest BCUT2D eigenvalue weighted by atomic mass is 10.2. The first-order valence-electron chi connectivity index (χ1n) is 5.20. The third-order valence-corrected chi connectivity index (χ3v) is 4.18. The molecule has 1 aromatic carbocycles. The molecule has 19 heavy (non-hydrogen) atoms. The lowest BCUT2D eigenvalue weighted by Crippen LogP contribution is -2.43. The molecule has 0 saturated heterocycles. The second-order valence-electron chi connectivity index (χ2n) is 3.85. The first kappa shape index (κ1) is 16.1. The quantitative estimate of drug-likeness (QED) is 0.797. The first-order chi connectivity index (χ1) is 8.68. The van der Waals surface area contributed by atoms with Gasteiger partial charge in [-0.15, -0.1) is 0 Å². The van der Waals surface area contributed by atoms with E-state index in [2.05, 4.69) is 4.74 Å². The van der Waals surface area contributed by atoms with E-state index in [1.165, 1.54) is 32.2 Å². The number of halogens is 2. The number of hydrogen-bond donors (Lipinski definition) is 0. The summed E-state index contributed by atoms with van der Waals surface area (Å²) >= 11 is 11.8. The van der Waals surface area contributed by atoms with Crippen molar-refractivity contribution < 1.29 is 17.9 Å². The van der Waals surface area contributed by atoms with E-state index in [-0.39, 0.29) is 10.7 Å². The molecule has 8 heteroatoms. The zero-order chi connectivity index (χ0) is 14.8. The Morgan fingerprint density at radius 1 is 1.37 bits per heavy atom. The molecule has 0 aliphatic rings. The fourth-order valence-electron chi connectivity index (χ4n) is 1.60. The molecule has 0 N–H and O–H groups in total. The van der Waals surface area contributed by atoms with Gasteiger partial charge in [-0.05, 0) is 25.1 Å². The Morgan fingerprint density at radius 3 is 2.42 bits per heavy atom. The van der Waals surface area contributed by atoms with Crippen LogP contribution in [0.2, 0.25) is 10.0 Å². The first-order valence-corrected chi connectivity index (χ1v) is 7.81. The van der Waals surface area contributed by atoms with E-state index >= 15 is 0 Å². The van der Waals surface area contributed by atoms with Gasteiger partial charge in [0.1, 0.15) is 6.04 Å². The van der Waals surface area contributed by atoms with Crippen LogP contribution < -0.4 is 4.31 Å². The summed E-state index contributed by atoms with van der Waals surface area (Å²) < 4.78 is 29.2. The highest BCUT2D eigenvalue weighted by Crippen LogP contribution is 2.32. The van der Waals surface area contributed by atoms with Crippen LogP contribution in [0.5, 0.6) is 0 Å². The van der Waals surface area contributed by atoms with Gasteiger partial charge in [0, 0.05) is 5.02 Å². The molecule has 1 rings (SSSR count). The maximum atomic E-state index is 11.9. The minimum atomic E-state index is -3.72. The molecule has 0 saturated carbocycles. The van der Waals surface area contributed by atoms with Crippen molar-refractivity contribution in [2.45, 2.75) is 13.0 Å². The van der Waals surface area contributed by atoms with Crippen molar-refractivity contribution in [2.75, 3.05) is 17.7 Å². The number of anilines is 1. The number of benzene rings is 1. The van der Waals surface area contributed by atoms with Gasteiger partial charge >= 0.3 is 5.97 Å². The zero-order valence-corrected chi connectivity index (χ0v) is 12.9. The monoisotopic (exact) mass is 325 g/mol. The van der Waals surface area contributed by atoms with Crippen LogP contribution in [-0.2, 0) is 19.6 Å². The topological polar surface area (TPSA) is 63.7 Å². The number of nitrogens with zero attached hydrogens (tertiary/aromatic N) is 1. The standard InChI is InChI=1S/C11H13Cl2NO4S/c1-7(11(15)18-2)14(19(3,16)17)10-6-8(12)4-5-9(10)13/h4-7H,1-3H3/t7-/m0/s1. The average molecular weight is 326 g/mol. The Bertz CT molecular complexity index is 588. The van der Waals surface area contributed by atoms with Crippen molar-refractivity contribution in [3.05, 3.63) is 28.2 Å². The van der Waals surface area contributed by atoms with E-state index in [4.69, 9.17) is 23.2 Å². The van der Waals surface area contributed by atoms with Crippen molar-refractivity contribution >= 4 is 44.9 Å². The molecular weight excluding hydrogens is 313 g/mol. The van der Waals surface area contributed by atoms with E-state index in [9.17, 15) is 13.2 Å². The molecule has 5 nitrogen and oxygen atoms in total. The molecule has 0 aliphatic carbocycles. The number of rotatable bonds is 4. The minimum absolute atomic E-state index is 0.134. The zero-order valence-electron chi connectivity index (χ0n) is 10.6. The molecule has 0 heterocycles. The molecule has 0 bridgehead atoms. The minimum Gasteiger partial charge on any atom is -0.467 e. The van der Waals surface area contributed by atoms with Gasteiger partial charge in [0.2, 0.25) is 10.0 Å². The summed E-state index contributed by atoms with van der Waals surface area (Å²) in [6, 6.07) is 3.32. The van der Waals surface area contributed by atoms with Gasteiger partial charge in [0.15, 0.2) is 0 Å². The van der Waals surface area contributed by atoms with Crippen LogP contribution in [0.4, 0.5) is 5.69 Å². The van der Waals surface area contributed by atoms with Crippen LogP contribution in [0.25, 0.3) is 0 Å². The number of esters is 1. The number of hydrogen-bond acceptors (Lipinski definition) is 4. The van der Waals surface area contributed by atoms with E-state index in [0.29, 0.717) is 5.02 Å². The van der Waals surface area contributed by atoms with Crippen LogP contribution in [-0.4, -0.2) is 33.8 Å². The van der Waals surface area contributed by atoms with E-state index < -0.39 is 22.0 Å². The highest BCUT2D eigenvalue weighted by molar-refractivity contribution is 7.92. The van der Waals surface area contributed by atoms with Gasteiger partial charge in [-0.25, -0.2) is 13.2 Å². The molecule has 106 valence electrons. The van der Waals surface area contributed by atoms with Crippen molar-refractivity contribution in [1.82, 2.24) is 0 Å². The molecule has 0 fully saturated rings. The van der Waals surface area contributed by atoms with Crippen LogP contribution in [0.3, 0.4) is 0 Å². The van der Waals surface area contributed by atoms with Crippen molar-refractivity contribution in [1.29, 1.82) is 0 Å². The normalized spacial score (nSPS) is 12.9. The molecular formula is C11H13Cl2NO4S. The van der Waals surface area contributed by atoms with Gasteiger partial charge in [-0.3, -0.25) is 4.31 Å². The third kappa shape index (κ3) is 3.75. The fourth-order valence-corrected chi connectivity index (χ4v) is 3.19. The number of sulfonamides is 1. The predicted molar refractivity (Wildman–Crippen MR) is 75.3 cm³/mol. The highest BCUT2D eigenvalue weighted by Gasteiger charge is 2.31. The Hall–Kier alpha value is -0.980. The molecule has 0 amide bonds. The lowest BCUT2D eigenvalue weighted by Gasteiger charge is -2.28. The molecule has 0 aliphatic heterocycles. The summed E-state index contributed by atoms with van der Waals surface area (Å²) in [6.45, 7) is 1.41.